The summed E-state index contributed by atoms with van der Waals surface area (Å²) in [7, 11) is 0. The number of rotatable bonds is 10. The molecule has 2 aromatic carbocycles. The maximum Gasteiger partial charge on any atom is 0.411 e. The van der Waals surface area contributed by atoms with Crippen LogP contribution in [0.4, 0.5) is 63.0 Å². The van der Waals surface area contributed by atoms with Crippen molar-refractivity contribution < 1.29 is 19.1 Å². The zero-order valence-electron chi connectivity index (χ0n) is 39.5. The highest BCUT2D eigenvalue weighted by Crippen LogP contribution is 2.27. The van der Waals surface area contributed by atoms with E-state index in [0.717, 1.165) is 34.4 Å². The number of piperazine rings is 2. The molecule has 0 unspecified atom stereocenters. The fraction of sp³-hybridized carbons (Fsp3) is 0.370. The number of nitrogens with one attached hydrogen (secondary N) is 3. The van der Waals surface area contributed by atoms with Crippen molar-refractivity contribution in [2.24, 2.45) is 0 Å². The van der Waals surface area contributed by atoms with Crippen LogP contribution < -0.4 is 43.0 Å². The van der Waals surface area contributed by atoms with Gasteiger partial charge in [0, 0.05) is 111 Å². The van der Waals surface area contributed by atoms with Crippen molar-refractivity contribution in [1.29, 1.82) is 0 Å². The summed E-state index contributed by atoms with van der Waals surface area (Å²) in [5.74, 6) is 2.96. The van der Waals surface area contributed by atoms with E-state index in [1.54, 1.807) is 85.9 Å². The molecule has 2 saturated heterocycles. The van der Waals surface area contributed by atoms with Crippen molar-refractivity contribution >= 4 is 76.1 Å². The molecule has 22 nitrogen and oxygen atoms in total. The SMILES string of the molecule is CC(=O)N1[C@H](C)CN(c2cc(-n3nc(Nc4ccc(N)cc4)nc3N)ccn2)C[C@@H]1C.CC(=O)N1[C@H](C)CN(c2cc(-n3nc(Nc4ccc(NC(=O)OC(C)C)cc4)nc3N)ccn2)C[C@@H]1C. The number of amides is 3. The number of hydrogen-bond donors (Lipinski definition) is 6. The lowest BCUT2D eigenvalue weighted by atomic mass is 10.1. The molecular formula is C46H60N18O4. The lowest BCUT2D eigenvalue weighted by Gasteiger charge is -2.44. The van der Waals surface area contributed by atoms with Gasteiger partial charge in [0.2, 0.25) is 35.6 Å². The number of pyridine rings is 2. The van der Waals surface area contributed by atoms with Crippen LogP contribution in [0.15, 0.2) is 85.2 Å². The van der Waals surface area contributed by atoms with Gasteiger partial charge in [0.15, 0.2) is 0 Å². The first-order valence-corrected chi connectivity index (χ1v) is 22.3. The lowest BCUT2D eigenvalue weighted by Crippen LogP contribution is -2.58. The normalized spacial score (nSPS) is 18.1. The molecule has 3 amide bonds. The minimum Gasteiger partial charge on any atom is -0.447 e. The highest BCUT2D eigenvalue weighted by Gasteiger charge is 2.33. The van der Waals surface area contributed by atoms with E-state index in [0.29, 0.717) is 49.5 Å². The highest BCUT2D eigenvalue weighted by atomic mass is 16.6. The molecule has 0 spiro atoms. The average molecular weight is 929 g/mol. The van der Waals surface area contributed by atoms with E-state index in [-0.39, 0.29) is 54.0 Å². The largest absolute Gasteiger partial charge is 0.447 e. The summed E-state index contributed by atoms with van der Waals surface area (Å²) in [6.07, 6.45) is 2.73. The van der Waals surface area contributed by atoms with E-state index in [9.17, 15) is 14.4 Å². The van der Waals surface area contributed by atoms with E-state index in [1.807, 2.05) is 60.0 Å². The summed E-state index contributed by atoms with van der Waals surface area (Å²) in [4.78, 5) is 61.6. The van der Waals surface area contributed by atoms with Crippen LogP contribution in [0.25, 0.3) is 11.4 Å². The Labute approximate surface area is 394 Å². The fourth-order valence-corrected chi connectivity index (χ4v) is 8.64. The molecule has 6 heterocycles. The predicted octanol–water partition coefficient (Wildman–Crippen LogP) is 5.41. The molecule has 0 bridgehead atoms. The van der Waals surface area contributed by atoms with Crippen molar-refractivity contribution in [2.45, 2.75) is 85.7 Å². The van der Waals surface area contributed by atoms with Crippen molar-refractivity contribution in [3.8, 4) is 11.4 Å². The highest BCUT2D eigenvalue weighted by molar-refractivity contribution is 5.85. The Bertz CT molecular complexity index is 2680. The van der Waals surface area contributed by atoms with Crippen LogP contribution in [0.2, 0.25) is 0 Å². The molecular weight excluding hydrogens is 869 g/mol. The zero-order chi connectivity index (χ0) is 48.8. The number of anilines is 10. The fourth-order valence-electron chi connectivity index (χ4n) is 8.64. The molecule has 2 fully saturated rings. The Morgan fingerprint density at radius 2 is 0.985 bits per heavy atom. The maximum absolute atomic E-state index is 12.0. The van der Waals surface area contributed by atoms with E-state index < -0.39 is 6.09 Å². The number of nitrogen functional groups attached to an aromatic ring is 3. The molecule has 9 N–H and O–H groups in total. The number of benzene rings is 2. The Morgan fingerprint density at radius 1 is 0.603 bits per heavy atom. The quantitative estimate of drug-likeness (QED) is 0.0938. The number of nitrogens with two attached hydrogens (primary N) is 3. The van der Waals surface area contributed by atoms with Crippen LogP contribution in [0.3, 0.4) is 0 Å². The Hall–Kier alpha value is -8.17. The number of carbonyl (C=O) groups excluding carboxylic acids is 3. The summed E-state index contributed by atoms with van der Waals surface area (Å²) in [6.45, 7) is 17.8. The van der Waals surface area contributed by atoms with Gasteiger partial charge in [0.25, 0.3) is 0 Å². The molecule has 2 aliphatic rings. The Morgan fingerprint density at radius 3 is 1.37 bits per heavy atom. The first-order chi connectivity index (χ1) is 32.4. The molecule has 22 heteroatoms. The molecule has 0 radical (unpaired) electrons. The molecule has 0 saturated carbocycles. The third kappa shape index (κ3) is 11.4. The van der Waals surface area contributed by atoms with E-state index in [2.05, 4.69) is 69.7 Å². The Balaban J connectivity index is 0.000000204. The van der Waals surface area contributed by atoms with Crippen molar-refractivity contribution in [3.63, 3.8) is 0 Å². The molecule has 2 aliphatic heterocycles. The van der Waals surface area contributed by atoms with Gasteiger partial charge < -0.3 is 52.2 Å². The summed E-state index contributed by atoms with van der Waals surface area (Å²) in [5, 5.41) is 17.9. The van der Waals surface area contributed by atoms with Crippen molar-refractivity contribution in [3.05, 3.63) is 85.2 Å². The second-order valence-corrected chi connectivity index (χ2v) is 17.2. The number of aromatic nitrogens is 8. The molecule has 68 heavy (non-hydrogen) atoms. The van der Waals surface area contributed by atoms with Gasteiger partial charge in [-0.25, -0.2) is 14.8 Å². The number of carbonyl (C=O) groups is 3. The smallest absolute Gasteiger partial charge is 0.411 e. The zero-order valence-corrected chi connectivity index (χ0v) is 39.5. The van der Waals surface area contributed by atoms with Crippen LogP contribution in [0.1, 0.15) is 55.4 Å². The van der Waals surface area contributed by atoms with Crippen molar-refractivity contribution in [1.82, 2.24) is 49.3 Å². The second kappa shape index (κ2) is 20.6. The maximum atomic E-state index is 12.0. The summed E-state index contributed by atoms with van der Waals surface area (Å²) in [5.41, 5.74) is 22.3. The first-order valence-electron chi connectivity index (χ1n) is 22.3. The van der Waals surface area contributed by atoms with Gasteiger partial charge in [-0.1, -0.05) is 0 Å². The molecule has 8 rings (SSSR count). The molecule has 0 aliphatic carbocycles. The van der Waals surface area contributed by atoms with Crippen LogP contribution in [0.5, 0.6) is 0 Å². The average Bonchev–Trinajstić information content (AvgIpc) is 3.84. The summed E-state index contributed by atoms with van der Waals surface area (Å²) < 4.78 is 8.20. The standard InChI is InChI=1S/C25H33N9O3.C21H27N9O/c1-15(2)37-25(36)29-20-8-6-19(7-9-20)28-24-30-23(26)34(31-24)21-10-11-27-22(12-21)32-13-16(3)33(18(5)35)17(4)14-32;1-13-11-28(12-14(2)29(13)15(3)31)19-10-18(8-9-24-19)30-20(23)26-21(27-30)25-17-6-4-16(22)5-7-17/h6-12,15-17H,13-14H2,1-5H3,(H,29,36)(H3,26,28,30,31);4-10,13-14H,11-12,22H2,1-3H3,(H3,23,25,26,27)/t16-,17+;13-,14+. The van der Waals surface area contributed by atoms with Gasteiger partial charge in [-0.15, -0.1) is 10.2 Å². The molecule has 358 valence electrons. The van der Waals surface area contributed by atoms with Gasteiger partial charge >= 0.3 is 6.09 Å². The lowest BCUT2D eigenvalue weighted by molar-refractivity contribution is -0.134. The van der Waals surface area contributed by atoms with Gasteiger partial charge in [0.1, 0.15) is 11.6 Å². The number of ether oxygens (including phenoxy) is 1. The van der Waals surface area contributed by atoms with E-state index >= 15 is 0 Å². The minimum absolute atomic E-state index is 0.0707. The first kappa shape index (κ1) is 47.8. The van der Waals surface area contributed by atoms with Crippen LogP contribution in [-0.4, -0.2) is 124 Å². The van der Waals surface area contributed by atoms with E-state index in [1.165, 1.54) is 0 Å². The minimum atomic E-state index is -0.509. The van der Waals surface area contributed by atoms with E-state index in [4.69, 9.17) is 21.9 Å². The monoisotopic (exact) mass is 929 g/mol. The van der Waals surface area contributed by atoms with Gasteiger partial charge in [-0.05, 0) is 102 Å². The third-order valence-electron chi connectivity index (χ3n) is 11.3. The van der Waals surface area contributed by atoms with Gasteiger partial charge in [0.05, 0.1) is 17.5 Å². The van der Waals surface area contributed by atoms with Crippen LogP contribution in [-0.2, 0) is 14.3 Å². The number of hydrogen-bond acceptors (Lipinski definition) is 17. The summed E-state index contributed by atoms with van der Waals surface area (Å²) in [6, 6.07) is 22.2. The van der Waals surface area contributed by atoms with Gasteiger partial charge in [-0.2, -0.15) is 19.3 Å². The molecule has 4 atom stereocenters. The van der Waals surface area contributed by atoms with Crippen molar-refractivity contribution in [2.75, 3.05) is 69.1 Å². The molecule has 6 aromatic rings. The van der Waals surface area contributed by atoms with Crippen LogP contribution >= 0.6 is 0 Å². The summed E-state index contributed by atoms with van der Waals surface area (Å²) >= 11 is 0. The molecule has 4 aromatic heterocycles. The third-order valence-corrected chi connectivity index (χ3v) is 11.3. The van der Waals surface area contributed by atoms with Crippen LogP contribution in [0, 0.1) is 0 Å². The topological polar surface area (TPSA) is 275 Å². The second-order valence-electron chi connectivity index (χ2n) is 17.2. The predicted molar refractivity (Wildman–Crippen MR) is 264 cm³/mol. The Kier molecular flexibility index (Phi) is 14.4. The van der Waals surface area contributed by atoms with Gasteiger partial charge in [-0.3, -0.25) is 14.9 Å². The number of nitrogens with zero attached hydrogens (tertiary/aromatic N) is 12.